The van der Waals surface area contributed by atoms with Crippen molar-refractivity contribution >= 4 is 33.3 Å². The minimum atomic E-state index is -2.93. The number of rotatable bonds is 2. The minimum absolute atomic E-state index is 0.103. The first-order valence-electron chi connectivity index (χ1n) is 6.19. The molecule has 9 heteroatoms. The van der Waals surface area contributed by atoms with Crippen LogP contribution in [0.4, 0.5) is 13.2 Å². The summed E-state index contributed by atoms with van der Waals surface area (Å²) in [6.45, 7) is 0. The number of pyridine rings is 1. The van der Waals surface area contributed by atoms with Gasteiger partial charge in [-0.15, -0.1) is 0 Å². The fourth-order valence-corrected chi connectivity index (χ4v) is 3.17. The normalized spacial score (nSPS) is 25.2. The monoisotopic (exact) mass is 338 g/mol. The number of halogens is 4. The molecule has 1 N–H and O–H groups in total. The van der Waals surface area contributed by atoms with E-state index < -0.39 is 42.7 Å². The molecule has 2 aromatic rings. The van der Waals surface area contributed by atoms with E-state index in [4.69, 9.17) is 16.3 Å². The first kappa shape index (κ1) is 14.8. The Morgan fingerprint density at radius 2 is 2.19 bits per heavy atom. The second-order valence-electron chi connectivity index (χ2n) is 4.89. The molecule has 3 rings (SSSR count). The highest BCUT2D eigenvalue weighted by Crippen LogP contribution is 2.36. The zero-order valence-electron chi connectivity index (χ0n) is 10.5. The van der Waals surface area contributed by atoms with Gasteiger partial charge in [-0.25, -0.2) is 18.2 Å². The maximum absolute atomic E-state index is 13.9. The lowest BCUT2D eigenvalue weighted by molar-refractivity contribution is -0.114. The van der Waals surface area contributed by atoms with Crippen molar-refractivity contribution in [3.63, 3.8) is 0 Å². The quantitative estimate of drug-likeness (QED) is 0.911. The Morgan fingerprint density at radius 3 is 2.95 bits per heavy atom. The van der Waals surface area contributed by atoms with Crippen molar-refractivity contribution in [3.05, 3.63) is 16.4 Å². The van der Waals surface area contributed by atoms with Gasteiger partial charge in [-0.05, 0) is 6.42 Å². The second-order valence-corrected chi connectivity index (χ2v) is 6.45. The SMILES string of the molecule is O[C@H]1CCC(F)(F)C[C@H]1Oc1nc2sc(Cl)nc2cc1F. The molecule has 0 bridgehead atoms. The molecule has 114 valence electrons. The molecule has 0 aromatic carbocycles. The fourth-order valence-electron chi connectivity index (χ4n) is 2.22. The fraction of sp³-hybridized carbons (Fsp3) is 0.500. The highest BCUT2D eigenvalue weighted by molar-refractivity contribution is 7.21. The van der Waals surface area contributed by atoms with E-state index in [0.717, 1.165) is 17.4 Å². The summed E-state index contributed by atoms with van der Waals surface area (Å²) in [6.07, 6.45) is -3.46. The molecular formula is C12H10ClF3N2O2S. The number of aromatic nitrogens is 2. The lowest BCUT2D eigenvalue weighted by Crippen LogP contribution is -2.43. The Balaban J connectivity index is 1.88. The summed E-state index contributed by atoms with van der Waals surface area (Å²) in [5.41, 5.74) is 0.268. The van der Waals surface area contributed by atoms with Crippen LogP contribution in [0.25, 0.3) is 10.3 Å². The first-order chi connectivity index (χ1) is 9.84. The van der Waals surface area contributed by atoms with Crippen molar-refractivity contribution in [2.75, 3.05) is 0 Å². The van der Waals surface area contributed by atoms with E-state index in [1.807, 2.05) is 0 Å². The average Bonchev–Trinajstić information content (AvgIpc) is 2.73. The number of aliphatic hydroxyl groups excluding tert-OH is 1. The van der Waals surface area contributed by atoms with Crippen molar-refractivity contribution in [1.82, 2.24) is 9.97 Å². The zero-order chi connectivity index (χ0) is 15.2. The molecule has 0 unspecified atom stereocenters. The highest BCUT2D eigenvalue weighted by atomic mass is 35.5. The smallest absolute Gasteiger partial charge is 0.252 e. The molecule has 2 heterocycles. The van der Waals surface area contributed by atoms with Gasteiger partial charge in [-0.2, -0.15) is 4.98 Å². The van der Waals surface area contributed by atoms with E-state index in [1.165, 1.54) is 0 Å². The predicted octanol–water partition coefficient (Wildman–Crippen LogP) is 3.41. The highest BCUT2D eigenvalue weighted by Gasteiger charge is 2.42. The van der Waals surface area contributed by atoms with Gasteiger partial charge in [0.25, 0.3) is 11.8 Å². The van der Waals surface area contributed by atoms with Gasteiger partial charge in [0.1, 0.15) is 16.5 Å². The molecular weight excluding hydrogens is 329 g/mol. The van der Waals surface area contributed by atoms with E-state index in [2.05, 4.69) is 9.97 Å². The molecule has 1 fully saturated rings. The van der Waals surface area contributed by atoms with E-state index in [0.29, 0.717) is 4.83 Å². The molecule has 1 saturated carbocycles. The van der Waals surface area contributed by atoms with E-state index in [-0.39, 0.29) is 16.4 Å². The third-order valence-corrected chi connectivity index (χ3v) is 4.35. The first-order valence-corrected chi connectivity index (χ1v) is 7.39. The number of fused-ring (bicyclic) bond motifs is 1. The van der Waals surface area contributed by atoms with Crippen LogP contribution >= 0.6 is 22.9 Å². The average molecular weight is 339 g/mol. The van der Waals surface area contributed by atoms with Gasteiger partial charge in [0.2, 0.25) is 0 Å². The van der Waals surface area contributed by atoms with E-state index >= 15 is 0 Å². The number of nitrogens with zero attached hydrogens (tertiary/aromatic N) is 2. The Morgan fingerprint density at radius 1 is 1.43 bits per heavy atom. The van der Waals surface area contributed by atoms with E-state index in [9.17, 15) is 18.3 Å². The molecule has 4 nitrogen and oxygen atoms in total. The Hall–Kier alpha value is -1.12. The van der Waals surface area contributed by atoms with Gasteiger partial charge in [0.15, 0.2) is 10.3 Å². The molecule has 0 saturated heterocycles. The van der Waals surface area contributed by atoms with Crippen LogP contribution < -0.4 is 4.74 Å². The van der Waals surface area contributed by atoms with Crippen LogP contribution in [0.2, 0.25) is 4.47 Å². The van der Waals surface area contributed by atoms with Crippen molar-refractivity contribution < 1.29 is 23.0 Å². The number of aliphatic hydroxyl groups is 1. The van der Waals surface area contributed by atoms with Gasteiger partial charge in [0, 0.05) is 12.5 Å². The molecule has 1 aliphatic rings. The summed E-state index contributed by atoms with van der Waals surface area (Å²) in [7, 11) is 0. The standard InChI is InChI=1S/C12H10ClF3N2O2S/c13-11-17-6-3-5(14)9(18-10(6)21-11)20-8-4-12(15,16)2-1-7(8)19/h3,7-8,19H,1-2,4H2/t7-,8+/m0/s1. The van der Waals surface area contributed by atoms with Crippen LogP contribution in [0.15, 0.2) is 6.07 Å². The summed E-state index contributed by atoms with van der Waals surface area (Å²) >= 11 is 6.73. The Labute approximate surface area is 126 Å². The lowest BCUT2D eigenvalue weighted by Gasteiger charge is -2.32. The number of hydrogen-bond donors (Lipinski definition) is 1. The number of hydrogen-bond acceptors (Lipinski definition) is 5. The van der Waals surface area contributed by atoms with Crippen molar-refractivity contribution in [2.45, 2.75) is 37.4 Å². The maximum atomic E-state index is 13.9. The Bertz CT molecular complexity index is 682. The molecule has 2 atom stereocenters. The molecule has 1 aliphatic carbocycles. The van der Waals surface area contributed by atoms with Crippen molar-refractivity contribution in [2.24, 2.45) is 0 Å². The third kappa shape index (κ3) is 3.07. The summed E-state index contributed by atoms with van der Waals surface area (Å²) in [6, 6.07) is 1.08. The van der Waals surface area contributed by atoms with Gasteiger partial charge in [0.05, 0.1) is 12.5 Å². The number of alkyl halides is 2. The summed E-state index contributed by atoms with van der Waals surface area (Å²) in [5.74, 6) is -4.19. The lowest BCUT2D eigenvalue weighted by atomic mass is 9.91. The summed E-state index contributed by atoms with van der Waals surface area (Å²) in [4.78, 5) is 8.09. The topological polar surface area (TPSA) is 55.2 Å². The van der Waals surface area contributed by atoms with Crippen molar-refractivity contribution in [1.29, 1.82) is 0 Å². The molecule has 0 spiro atoms. The molecule has 21 heavy (non-hydrogen) atoms. The molecule has 0 radical (unpaired) electrons. The summed E-state index contributed by atoms with van der Waals surface area (Å²) in [5, 5.41) is 9.73. The Kier molecular flexibility index (Phi) is 3.71. The second kappa shape index (κ2) is 5.26. The van der Waals surface area contributed by atoms with E-state index in [1.54, 1.807) is 0 Å². The van der Waals surface area contributed by atoms with Crippen LogP contribution in [0.1, 0.15) is 19.3 Å². The van der Waals surface area contributed by atoms with Crippen LogP contribution in [0, 0.1) is 5.82 Å². The largest absolute Gasteiger partial charge is 0.469 e. The number of thiazole rings is 1. The predicted molar refractivity (Wildman–Crippen MR) is 71.6 cm³/mol. The number of ether oxygens (including phenoxy) is 1. The molecule has 2 aromatic heterocycles. The van der Waals surface area contributed by atoms with Gasteiger partial charge in [-0.1, -0.05) is 22.9 Å². The van der Waals surface area contributed by atoms with Crippen LogP contribution in [0.3, 0.4) is 0 Å². The van der Waals surface area contributed by atoms with Gasteiger partial charge < -0.3 is 9.84 Å². The molecule has 0 amide bonds. The van der Waals surface area contributed by atoms with Crippen LogP contribution in [-0.4, -0.2) is 33.2 Å². The maximum Gasteiger partial charge on any atom is 0.252 e. The van der Waals surface area contributed by atoms with Gasteiger partial charge >= 0.3 is 0 Å². The van der Waals surface area contributed by atoms with Crippen LogP contribution in [0.5, 0.6) is 5.88 Å². The van der Waals surface area contributed by atoms with Crippen LogP contribution in [-0.2, 0) is 0 Å². The zero-order valence-corrected chi connectivity index (χ0v) is 12.1. The summed E-state index contributed by atoms with van der Waals surface area (Å²) < 4.78 is 45.9. The third-order valence-electron chi connectivity index (χ3n) is 3.28. The van der Waals surface area contributed by atoms with Crippen molar-refractivity contribution in [3.8, 4) is 5.88 Å². The molecule has 0 aliphatic heterocycles. The van der Waals surface area contributed by atoms with Gasteiger partial charge in [-0.3, -0.25) is 0 Å². The minimum Gasteiger partial charge on any atom is -0.469 e.